The van der Waals surface area contributed by atoms with E-state index in [0.29, 0.717) is 6.54 Å². The molecule has 0 aromatic carbocycles. The lowest BCUT2D eigenvalue weighted by molar-refractivity contribution is 0.572. The largest absolute Gasteiger partial charge is 0.271 e. The minimum Gasteiger partial charge on any atom is -0.271 e. The zero-order valence-corrected chi connectivity index (χ0v) is 10.5. The van der Waals surface area contributed by atoms with E-state index >= 15 is 0 Å². The molecule has 1 heterocycles. The van der Waals surface area contributed by atoms with Crippen LogP contribution in [0.25, 0.3) is 0 Å². The Morgan fingerprint density at radius 2 is 2.21 bits per heavy atom. The van der Waals surface area contributed by atoms with E-state index < -0.39 is 9.84 Å². The van der Waals surface area contributed by atoms with Gasteiger partial charge in [-0.25, -0.2) is 8.42 Å². The van der Waals surface area contributed by atoms with E-state index in [1.54, 1.807) is 30.9 Å². The van der Waals surface area contributed by atoms with Crippen molar-refractivity contribution in [3.05, 3.63) is 16.9 Å². The number of aryl methyl sites for hydroxylation is 1. The van der Waals surface area contributed by atoms with Crippen molar-refractivity contribution < 1.29 is 8.42 Å². The Morgan fingerprint density at radius 3 is 2.64 bits per heavy atom. The van der Waals surface area contributed by atoms with Crippen LogP contribution in [0.5, 0.6) is 0 Å². The van der Waals surface area contributed by atoms with Gasteiger partial charge in [0.25, 0.3) is 0 Å². The predicted molar refractivity (Wildman–Crippen MR) is 58.8 cm³/mol. The molecule has 0 aliphatic rings. The molecule has 0 unspecified atom stereocenters. The Morgan fingerprint density at radius 1 is 1.57 bits per heavy atom. The van der Waals surface area contributed by atoms with Crippen molar-refractivity contribution in [1.82, 2.24) is 9.78 Å². The van der Waals surface area contributed by atoms with Gasteiger partial charge in [0.15, 0.2) is 9.84 Å². The molecule has 6 heteroatoms. The number of rotatable bonds is 4. The summed E-state index contributed by atoms with van der Waals surface area (Å²) in [6.45, 7) is 3.79. The van der Waals surface area contributed by atoms with Crippen LogP contribution in [0.15, 0.2) is 16.9 Å². The van der Waals surface area contributed by atoms with Crippen LogP contribution in [0.1, 0.15) is 13.8 Å². The Kier molecular flexibility index (Phi) is 3.71. The van der Waals surface area contributed by atoms with Gasteiger partial charge >= 0.3 is 0 Å². The third kappa shape index (κ3) is 3.09. The molecule has 0 bridgehead atoms. The molecular formula is C8H13BrN2O2S. The average molecular weight is 281 g/mol. The quantitative estimate of drug-likeness (QED) is 0.839. The highest BCUT2D eigenvalue weighted by Gasteiger charge is 2.15. The van der Waals surface area contributed by atoms with Crippen molar-refractivity contribution in [1.29, 1.82) is 0 Å². The third-order valence-corrected chi connectivity index (χ3v) is 4.52. The van der Waals surface area contributed by atoms with Crippen LogP contribution < -0.4 is 0 Å². The fourth-order valence-electron chi connectivity index (χ4n) is 0.917. The van der Waals surface area contributed by atoms with E-state index in [2.05, 4.69) is 21.0 Å². The van der Waals surface area contributed by atoms with Crippen LogP contribution in [0.4, 0.5) is 0 Å². The molecule has 80 valence electrons. The van der Waals surface area contributed by atoms with Crippen LogP contribution in [0.3, 0.4) is 0 Å². The number of sulfone groups is 1. The van der Waals surface area contributed by atoms with Crippen molar-refractivity contribution in [2.75, 3.05) is 5.75 Å². The topological polar surface area (TPSA) is 52.0 Å². The first kappa shape index (κ1) is 11.7. The molecule has 0 saturated carbocycles. The Bertz CT molecular complexity index is 397. The molecule has 0 amide bonds. The smallest absolute Gasteiger partial charge is 0.154 e. The molecule has 1 rings (SSSR count). The molecule has 0 N–H and O–H groups in total. The minimum atomic E-state index is -2.96. The average Bonchev–Trinajstić information content (AvgIpc) is 2.48. The molecule has 0 radical (unpaired) electrons. The molecule has 0 spiro atoms. The molecule has 14 heavy (non-hydrogen) atoms. The fourth-order valence-corrected chi connectivity index (χ4v) is 2.16. The summed E-state index contributed by atoms with van der Waals surface area (Å²) in [6, 6.07) is 0. The number of halogens is 1. The summed E-state index contributed by atoms with van der Waals surface area (Å²) >= 11 is 3.25. The van der Waals surface area contributed by atoms with Crippen molar-refractivity contribution in [3.8, 4) is 0 Å². The highest BCUT2D eigenvalue weighted by molar-refractivity contribution is 9.10. The van der Waals surface area contributed by atoms with E-state index in [9.17, 15) is 8.42 Å². The van der Waals surface area contributed by atoms with Crippen LogP contribution in [0, 0.1) is 0 Å². The van der Waals surface area contributed by atoms with Crippen molar-refractivity contribution in [2.24, 2.45) is 0 Å². The van der Waals surface area contributed by atoms with E-state index in [1.807, 2.05) is 0 Å². The maximum absolute atomic E-state index is 11.5. The van der Waals surface area contributed by atoms with Gasteiger partial charge in [-0.1, -0.05) is 0 Å². The van der Waals surface area contributed by atoms with Gasteiger partial charge in [-0.05, 0) is 29.8 Å². The summed E-state index contributed by atoms with van der Waals surface area (Å²) in [6.07, 6.45) is 3.40. The van der Waals surface area contributed by atoms with Crippen molar-refractivity contribution in [2.45, 2.75) is 25.6 Å². The summed E-state index contributed by atoms with van der Waals surface area (Å²) < 4.78 is 25.4. The van der Waals surface area contributed by atoms with Gasteiger partial charge in [-0.15, -0.1) is 0 Å². The number of aromatic nitrogens is 2. The lowest BCUT2D eigenvalue weighted by Crippen LogP contribution is -2.21. The molecule has 0 aliphatic heterocycles. The SMILES string of the molecule is CC(C)S(=O)(=O)CCn1cc(Br)cn1. The highest BCUT2D eigenvalue weighted by atomic mass is 79.9. The molecule has 0 saturated heterocycles. The Hall–Kier alpha value is -0.360. The first-order valence-electron chi connectivity index (χ1n) is 4.31. The molecule has 0 fully saturated rings. The lowest BCUT2D eigenvalue weighted by atomic mass is 10.6. The Balaban J connectivity index is 2.57. The molecular weight excluding hydrogens is 268 g/mol. The zero-order valence-electron chi connectivity index (χ0n) is 8.14. The standard InChI is InChI=1S/C8H13BrN2O2S/c1-7(2)14(12,13)4-3-11-6-8(9)5-10-11/h5-7H,3-4H2,1-2H3. The monoisotopic (exact) mass is 280 g/mol. The summed E-state index contributed by atoms with van der Waals surface area (Å²) in [4.78, 5) is 0. The van der Waals surface area contributed by atoms with Gasteiger partial charge < -0.3 is 0 Å². The molecule has 0 aliphatic carbocycles. The van der Waals surface area contributed by atoms with E-state index in [-0.39, 0.29) is 11.0 Å². The summed E-state index contributed by atoms with van der Waals surface area (Å²) in [5.74, 6) is 0.138. The first-order chi connectivity index (χ1) is 6.42. The third-order valence-electron chi connectivity index (χ3n) is 1.92. The van der Waals surface area contributed by atoms with Crippen LogP contribution in [-0.2, 0) is 16.4 Å². The van der Waals surface area contributed by atoms with Gasteiger partial charge in [0.2, 0.25) is 0 Å². The van der Waals surface area contributed by atoms with Crippen molar-refractivity contribution >= 4 is 25.8 Å². The maximum atomic E-state index is 11.5. The maximum Gasteiger partial charge on any atom is 0.154 e. The van der Waals surface area contributed by atoms with Crippen LogP contribution in [-0.4, -0.2) is 29.2 Å². The summed E-state index contributed by atoms with van der Waals surface area (Å²) in [5.41, 5.74) is 0. The fraction of sp³-hybridized carbons (Fsp3) is 0.625. The minimum absolute atomic E-state index is 0.138. The number of nitrogens with zero attached hydrogens (tertiary/aromatic N) is 2. The summed E-state index contributed by atoms with van der Waals surface area (Å²) in [7, 11) is -2.96. The van der Waals surface area contributed by atoms with Crippen LogP contribution in [0.2, 0.25) is 0 Å². The molecule has 0 atom stereocenters. The first-order valence-corrected chi connectivity index (χ1v) is 6.82. The predicted octanol–water partition coefficient (Wildman–Crippen LogP) is 1.47. The van der Waals surface area contributed by atoms with E-state index in [4.69, 9.17) is 0 Å². The van der Waals surface area contributed by atoms with Gasteiger partial charge in [-0.3, -0.25) is 4.68 Å². The number of hydrogen-bond donors (Lipinski definition) is 0. The van der Waals surface area contributed by atoms with Crippen LogP contribution >= 0.6 is 15.9 Å². The van der Waals surface area contributed by atoms with E-state index in [1.165, 1.54) is 0 Å². The molecule has 1 aromatic rings. The van der Waals surface area contributed by atoms with Crippen molar-refractivity contribution in [3.63, 3.8) is 0 Å². The Labute approximate surface area is 92.4 Å². The van der Waals surface area contributed by atoms with Gasteiger partial charge in [-0.2, -0.15) is 5.10 Å². The lowest BCUT2D eigenvalue weighted by Gasteiger charge is -2.06. The van der Waals surface area contributed by atoms with Gasteiger partial charge in [0.1, 0.15) is 0 Å². The molecule has 4 nitrogen and oxygen atoms in total. The second kappa shape index (κ2) is 4.44. The summed E-state index contributed by atoms with van der Waals surface area (Å²) in [5, 5.41) is 3.67. The second-order valence-corrected chi connectivity index (χ2v) is 6.93. The van der Waals surface area contributed by atoms with Gasteiger partial charge in [0.05, 0.1) is 28.2 Å². The highest BCUT2D eigenvalue weighted by Crippen LogP contribution is 2.07. The van der Waals surface area contributed by atoms with E-state index in [0.717, 1.165) is 4.47 Å². The normalized spacial score (nSPS) is 12.3. The zero-order chi connectivity index (χ0) is 10.8. The van der Waals surface area contributed by atoms with Gasteiger partial charge in [0, 0.05) is 6.20 Å². The molecule has 1 aromatic heterocycles. The number of hydrogen-bond acceptors (Lipinski definition) is 3. The second-order valence-electron chi connectivity index (χ2n) is 3.34.